The molecule has 0 amide bonds. The van der Waals surface area contributed by atoms with Crippen molar-refractivity contribution >= 4 is 22.8 Å². The van der Waals surface area contributed by atoms with Gasteiger partial charge in [0, 0.05) is 18.2 Å². The van der Waals surface area contributed by atoms with E-state index in [2.05, 4.69) is 10.3 Å². The van der Waals surface area contributed by atoms with E-state index in [1.54, 1.807) is 0 Å². The number of oxazole rings is 1. The van der Waals surface area contributed by atoms with Crippen molar-refractivity contribution in [3.63, 3.8) is 0 Å². The molecule has 9 heteroatoms. The molecule has 1 N–H and O–H groups in total. The van der Waals surface area contributed by atoms with Crippen molar-refractivity contribution in [2.24, 2.45) is 0 Å². The molecule has 0 spiro atoms. The third-order valence-corrected chi connectivity index (χ3v) is 2.49. The summed E-state index contributed by atoms with van der Waals surface area (Å²) >= 11 is 0. The lowest BCUT2D eigenvalue weighted by Gasteiger charge is -2.13. The zero-order valence-electron chi connectivity index (χ0n) is 10.3. The average molecular weight is 289 g/mol. The number of aromatic nitrogens is 1. The number of nitro benzene ring substituents is 1. The summed E-state index contributed by atoms with van der Waals surface area (Å²) in [5.41, 5.74) is 0.305. The number of benzene rings is 1. The minimum atomic E-state index is -4.29. The molecular formula is C11H10F3N3O3. The topological polar surface area (TPSA) is 81.2 Å². The van der Waals surface area contributed by atoms with Crippen molar-refractivity contribution < 1.29 is 22.5 Å². The Morgan fingerprint density at radius 1 is 1.50 bits per heavy atom. The van der Waals surface area contributed by atoms with Crippen LogP contribution in [0.2, 0.25) is 0 Å². The number of nitro groups is 1. The number of hydrogen-bond acceptors (Lipinski definition) is 5. The van der Waals surface area contributed by atoms with E-state index in [1.165, 1.54) is 25.1 Å². The van der Waals surface area contributed by atoms with Gasteiger partial charge >= 0.3 is 6.18 Å². The standard InChI is InChI=1S/C11H10F3N3O3/c1-6(5-11(12,13)14)15-10-16-8-4-7(17(18)19)2-3-9(8)20-10/h2-4,6H,5H2,1H3,(H,15,16). The SMILES string of the molecule is CC(CC(F)(F)F)Nc1nc2cc([N+](=O)[O-])ccc2o1. The molecular weight excluding hydrogens is 279 g/mol. The molecule has 20 heavy (non-hydrogen) atoms. The lowest BCUT2D eigenvalue weighted by Crippen LogP contribution is -2.23. The average Bonchev–Trinajstić information content (AvgIpc) is 2.66. The summed E-state index contributed by atoms with van der Waals surface area (Å²) in [6.45, 7) is 1.34. The monoisotopic (exact) mass is 289 g/mol. The van der Waals surface area contributed by atoms with Gasteiger partial charge in [0.25, 0.3) is 11.7 Å². The highest BCUT2D eigenvalue weighted by Gasteiger charge is 2.30. The van der Waals surface area contributed by atoms with Crippen LogP contribution in [0, 0.1) is 10.1 Å². The third-order valence-electron chi connectivity index (χ3n) is 2.49. The van der Waals surface area contributed by atoms with E-state index in [1.807, 2.05) is 0 Å². The van der Waals surface area contributed by atoms with Crippen molar-refractivity contribution in [1.29, 1.82) is 0 Å². The van der Waals surface area contributed by atoms with Crippen LogP contribution in [0.1, 0.15) is 13.3 Å². The third kappa shape index (κ3) is 3.37. The molecule has 0 aliphatic rings. The molecule has 2 rings (SSSR count). The fourth-order valence-corrected chi connectivity index (χ4v) is 1.70. The van der Waals surface area contributed by atoms with E-state index in [0.717, 1.165) is 0 Å². The predicted octanol–water partition coefficient (Wildman–Crippen LogP) is 3.49. The zero-order chi connectivity index (χ0) is 14.9. The van der Waals surface area contributed by atoms with Crippen LogP contribution in [0.15, 0.2) is 22.6 Å². The first-order valence-corrected chi connectivity index (χ1v) is 5.63. The number of alkyl halides is 3. The largest absolute Gasteiger partial charge is 0.424 e. The summed E-state index contributed by atoms with van der Waals surface area (Å²) in [4.78, 5) is 13.9. The summed E-state index contributed by atoms with van der Waals surface area (Å²) in [6.07, 6.45) is -5.33. The summed E-state index contributed by atoms with van der Waals surface area (Å²) in [6, 6.07) is 2.75. The maximum absolute atomic E-state index is 12.2. The van der Waals surface area contributed by atoms with Gasteiger partial charge in [0.1, 0.15) is 5.52 Å². The smallest absolute Gasteiger partial charge is 0.391 e. The highest BCUT2D eigenvalue weighted by Crippen LogP contribution is 2.26. The predicted molar refractivity (Wildman–Crippen MR) is 64.4 cm³/mol. The minimum absolute atomic E-state index is 0.0998. The molecule has 0 aliphatic heterocycles. The van der Waals surface area contributed by atoms with Crippen molar-refractivity contribution in [2.75, 3.05) is 5.32 Å². The number of nitrogens with zero attached hydrogens (tertiary/aromatic N) is 2. The Kier molecular flexibility index (Phi) is 3.51. The quantitative estimate of drug-likeness (QED) is 0.688. The molecule has 1 unspecified atom stereocenters. The van der Waals surface area contributed by atoms with E-state index < -0.39 is 23.6 Å². The number of hydrogen-bond donors (Lipinski definition) is 1. The highest BCUT2D eigenvalue weighted by atomic mass is 19.4. The van der Waals surface area contributed by atoms with Crippen molar-refractivity contribution in [3.8, 4) is 0 Å². The van der Waals surface area contributed by atoms with Gasteiger partial charge in [0.2, 0.25) is 0 Å². The molecule has 0 aliphatic carbocycles. The van der Waals surface area contributed by atoms with Gasteiger partial charge in [-0.25, -0.2) is 0 Å². The fourth-order valence-electron chi connectivity index (χ4n) is 1.70. The van der Waals surface area contributed by atoms with E-state index in [4.69, 9.17) is 4.42 Å². The fraction of sp³-hybridized carbons (Fsp3) is 0.364. The Bertz CT molecular complexity index is 639. The first-order chi connectivity index (χ1) is 9.24. The maximum Gasteiger partial charge on any atom is 0.391 e. The summed E-state index contributed by atoms with van der Waals surface area (Å²) in [7, 11) is 0. The van der Waals surface area contributed by atoms with Gasteiger partial charge in [-0.3, -0.25) is 10.1 Å². The number of fused-ring (bicyclic) bond motifs is 1. The first-order valence-electron chi connectivity index (χ1n) is 5.63. The number of anilines is 1. The van der Waals surface area contributed by atoms with Gasteiger partial charge in [-0.2, -0.15) is 18.2 Å². The summed E-state index contributed by atoms with van der Waals surface area (Å²) in [5, 5.41) is 13.1. The second kappa shape index (κ2) is 4.99. The molecule has 0 saturated heterocycles. The van der Waals surface area contributed by atoms with Gasteiger partial charge in [0.15, 0.2) is 5.58 Å². The first kappa shape index (κ1) is 14.1. The van der Waals surface area contributed by atoms with Crippen LogP contribution in [0.3, 0.4) is 0 Å². The van der Waals surface area contributed by atoms with Crippen molar-refractivity contribution in [3.05, 3.63) is 28.3 Å². The molecule has 1 heterocycles. The summed E-state index contributed by atoms with van der Waals surface area (Å²) < 4.78 is 41.7. The molecule has 0 bridgehead atoms. The van der Waals surface area contributed by atoms with E-state index in [9.17, 15) is 23.3 Å². The second-order valence-electron chi connectivity index (χ2n) is 4.29. The van der Waals surface area contributed by atoms with Crippen LogP contribution < -0.4 is 5.32 Å². The number of rotatable bonds is 4. The lowest BCUT2D eigenvalue weighted by molar-refractivity contribution is -0.384. The van der Waals surface area contributed by atoms with E-state index >= 15 is 0 Å². The Labute approximate surface area is 110 Å². The number of halogens is 3. The van der Waals surface area contributed by atoms with E-state index in [0.29, 0.717) is 0 Å². The molecule has 1 atom stereocenters. The lowest BCUT2D eigenvalue weighted by atomic mass is 10.2. The zero-order valence-corrected chi connectivity index (χ0v) is 10.3. The Morgan fingerprint density at radius 3 is 2.80 bits per heavy atom. The summed E-state index contributed by atoms with van der Waals surface area (Å²) in [5.74, 6) is 0. The van der Waals surface area contributed by atoms with Gasteiger partial charge < -0.3 is 9.73 Å². The van der Waals surface area contributed by atoms with Gasteiger partial charge in [-0.05, 0) is 13.0 Å². The molecule has 1 aromatic carbocycles. The second-order valence-corrected chi connectivity index (χ2v) is 4.29. The van der Waals surface area contributed by atoms with Crippen molar-refractivity contribution in [2.45, 2.75) is 25.6 Å². The van der Waals surface area contributed by atoms with Crippen LogP contribution in [0.5, 0.6) is 0 Å². The van der Waals surface area contributed by atoms with Gasteiger partial charge in [-0.1, -0.05) is 0 Å². The Morgan fingerprint density at radius 2 is 2.20 bits per heavy atom. The molecule has 0 fully saturated rings. The maximum atomic E-state index is 12.2. The number of non-ortho nitro benzene ring substituents is 1. The van der Waals surface area contributed by atoms with Crippen LogP contribution in [0.4, 0.5) is 24.9 Å². The Balaban J connectivity index is 2.17. The van der Waals surface area contributed by atoms with Gasteiger partial charge in [-0.15, -0.1) is 0 Å². The Hall–Kier alpha value is -2.32. The van der Waals surface area contributed by atoms with Gasteiger partial charge in [0.05, 0.1) is 11.3 Å². The normalized spacial score (nSPS) is 13.4. The molecule has 1 aromatic heterocycles. The highest BCUT2D eigenvalue weighted by molar-refractivity contribution is 5.77. The molecule has 0 radical (unpaired) electrons. The molecule has 6 nitrogen and oxygen atoms in total. The minimum Gasteiger partial charge on any atom is -0.424 e. The molecule has 2 aromatic rings. The van der Waals surface area contributed by atoms with Crippen LogP contribution in [0.25, 0.3) is 11.1 Å². The van der Waals surface area contributed by atoms with Crippen molar-refractivity contribution in [1.82, 2.24) is 4.98 Å². The molecule has 0 saturated carbocycles. The van der Waals surface area contributed by atoms with Crippen LogP contribution >= 0.6 is 0 Å². The van der Waals surface area contributed by atoms with Crippen LogP contribution in [-0.4, -0.2) is 22.1 Å². The van der Waals surface area contributed by atoms with E-state index in [-0.39, 0.29) is 22.8 Å². The van der Waals surface area contributed by atoms with Crippen LogP contribution in [-0.2, 0) is 0 Å². The molecule has 108 valence electrons. The number of nitrogens with one attached hydrogen (secondary N) is 1.